The van der Waals surface area contributed by atoms with Gasteiger partial charge in [0.15, 0.2) is 0 Å². The number of nitrogens with one attached hydrogen (secondary N) is 1. The van der Waals surface area contributed by atoms with Gasteiger partial charge in [-0.15, -0.1) is 0 Å². The molecule has 0 heterocycles. The molecule has 1 amide bonds. The lowest BCUT2D eigenvalue weighted by molar-refractivity contribution is -0.137. The standard InChI is InChI=1S/C17H33NO3/c1-16(2,3)12-13(17(4,5)6)15(21)18-11-9-7-8-10-14(19)20/h13H,7-12H2,1-6H3,(H,18,21)(H,19,20). The summed E-state index contributed by atoms with van der Waals surface area (Å²) >= 11 is 0. The highest BCUT2D eigenvalue weighted by molar-refractivity contribution is 5.79. The Morgan fingerprint density at radius 3 is 2.00 bits per heavy atom. The zero-order valence-electron chi connectivity index (χ0n) is 14.6. The molecule has 0 aliphatic rings. The molecule has 124 valence electrons. The number of carboxylic acid groups (broad SMARTS) is 1. The maximum atomic E-state index is 12.4. The third kappa shape index (κ3) is 10.3. The van der Waals surface area contributed by atoms with Crippen LogP contribution in [0.1, 0.15) is 73.6 Å². The Morgan fingerprint density at radius 2 is 1.57 bits per heavy atom. The van der Waals surface area contributed by atoms with E-state index in [4.69, 9.17) is 5.11 Å². The highest BCUT2D eigenvalue weighted by Gasteiger charge is 2.34. The van der Waals surface area contributed by atoms with Gasteiger partial charge in [0.25, 0.3) is 0 Å². The largest absolute Gasteiger partial charge is 0.481 e. The Hall–Kier alpha value is -1.06. The number of carbonyl (C=O) groups excluding carboxylic acids is 1. The summed E-state index contributed by atoms with van der Waals surface area (Å²) in [5, 5.41) is 11.6. The van der Waals surface area contributed by atoms with Crippen molar-refractivity contribution in [1.29, 1.82) is 0 Å². The van der Waals surface area contributed by atoms with Crippen LogP contribution in [-0.2, 0) is 9.59 Å². The monoisotopic (exact) mass is 299 g/mol. The quantitative estimate of drug-likeness (QED) is 0.669. The summed E-state index contributed by atoms with van der Waals surface area (Å²) in [6.07, 6.45) is 3.43. The zero-order chi connectivity index (χ0) is 16.7. The van der Waals surface area contributed by atoms with Crippen LogP contribution < -0.4 is 5.32 Å². The van der Waals surface area contributed by atoms with Crippen LogP contribution >= 0.6 is 0 Å². The summed E-state index contributed by atoms with van der Waals surface area (Å²) < 4.78 is 0. The van der Waals surface area contributed by atoms with Crippen LogP contribution in [0.25, 0.3) is 0 Å². The molecule has 0 bridgehead atoms. The number of carboxylic acids is 1. The van der Waals surface area contributed by atoms with Gasteiger partial charge in [-0.2, -0.15) is 0 Å². The van der Waals surface area contributed by atoms with Crippen LogP contribution in [0.4, 0.5) is 0 Å². The van der Waals surface area contributed by atoms with Crippen molar-refractivity contribution < 1.29 is 14.7 Å². The molecule has 0 rings (SSSR count). The predicted molar refractivity (Wildman–Crippen MR) is 86.1 cm³/mol. The molecule has 0 saturated heterocycles. The highest BCUT2D eigenvalue weighted by Crippen LogP contribution is 2.36. The van der Waals surface area contributed by atoms with E-state index in [1.54, 1.807) is 0 Å². The summed E-state index contributed by atoms with van der Waals surface area (Å²) in [4.78, 5) is 22.8. The molecule has 0 aromatic heterocycles. The van der Waals surface area contributed by atoms with Crippen molar-refractivity contribution in [2.24, 2.45) is 16.7 Å². The fourth-order valence-electron chi connectivity index (χ4n) is 2.32. The lowest BCUT2D eigenvalue weighted by Crippen LogP contribution is -2.40. The van der Waals surface area contributed by atoms with E-state index < -0.39 is 5.97 Å². The number of amides is 1. The Balaban J connectivity index is 4.22. The van der Waals surface area contributed by atoms with Crippen LogP contribution in [-0.4, -0.2) is 23.5 Å². The fraction of sp³-hybridized carbons (Fsp3) is 0.882. The maximum Gasteiger partial charge on any atom is 0.303 e. The van der Waals surface area contributed by atoms with Crippen LogP contribution in [0.3, 0.4) is 0 Å². The van der Waals surface area contributed by atoms with Gasteiger partial charge in [-0.05, 0) is 30.1 Å². The smallest absolute Gasteiger partial charge is 0.303 e. The van der Waals surface area contributed by atoms with E-state index >= 15 is 0 Å². The highest BCUT2D eigenvalue weighted by atomic mass is 16.4. The molecule has 21 heavy (non-hydrogen) atoms. The summed E-state index contributed by atoms with van der Waals surface area (Å²) in [6.45, 7) is 13.4. The van der Waals surface area contributed by atoms with Crippen molar-refractivity contribution in [2.75, 3.05) is 6.54 Å². The van der Waals surface area contributed by atoms with E-state index in [9.17, 15) is 9.59 Å². The van der Waals surface area contributed by atoms with E-state index in [-0.39, 0.29) is 29.1 Å². The van der Waals surface area contributed by atoms with Crippen molar-refractivity contribution >= 4 is 11.9 Å². The molecule has 0 spiro atoms. The van der Waals surface area contributed by atoms with Crippen molar-refractivity contribution in [3.8, 4) is 0 Å². The topological polar surface area (TPSA) is 66.4 Å². The molecule has 0 aliphatic heterocycles. The van der Waals surface area contributed by atoms with E-state index in [2.05, 4.69) is 46.9 Å². The Morgan fingerprint density at radius 1 is 1.00 bits per heavy atom. The minimum atomic E-state index is -0.753. The molecule has 0 fully saturated rings. The molecular formula is C17H33NO3. The van der Waals surface area contributed by atoms with Gasteiger partial charge in [-0.25, -0.2) is 0 Å². The van der Waals surface area contributed by atoms with Gasteiger partial charge in [0.1, 0.15) is 0 Å². The van der Waals surface area contributed by atoms with Crippen LogP contribution in [0, 0.1) is 16.7 Å². The van der Waals surface area contributed by atoms with Gasteiger partial charge in [-0.1, -0.05) is 48.0 Å². The second-order valence-corrected chi connectivity index (χ2v) is 8.18. The second-order valence-electron chi connectivity index (χ2n) is 8.18. The van der Waals surface area contributed by atoms with Crippen LogP contribution in [0.2, 0.25) is 0 Å². The molecule has 1 unspecified atom stereocenters. The number of unbranched alkanes of at least 4 members (excludes halogenated alkanes) is 2. The minimum absolute atomic E-state index is 0.00322. The molecule has 4 nitrogen and oxygen atoms in total. The first kappa shape index (κ1) is 19.9. The van der Waals surface area contributed by atoms with Crippen LogP contribution in [0.15, 0.2) is 0 Å². The number of hydrogen-bond acceptors (Lipinski definition) is 2. The number of rotatable bonds is 8. The second kappa shape index (κ2) is 8.40. The lowest BCUT2D eigenvalue weighted by atomic mass is 9.71. The molecule has 0 aromatic carbocycles. The summed E-state index contributed by atoms with van der Waals surface area (Å²) in [7, 11) is 0. The Kier molecular flexibility index (Phi) is 7.98. The van der Waals surface area contributed by atoms with Crippen LogP contribution in [0.5, 0.6) is 0 Å². The first-order valence-corrected chi connectivity index (χ1v) is 7.93. The Labute approximate surface area is 129 Å². The molecule has 2 N–H and O–H groups in total. The van der Waals surface area contributed by atoms with E-state index in [0.29, 0.717) is 13.0 Å². The first-order chi connectivity index (χ1) is 9.43. The molecule has 0 radical (unpaired) electrons. The van der Waals surface area contributed by atoms with Gasteiger partial charge < -0.3 is 10.4 Å². The van der Waals surface area contributed by atoms with Crippen molar-refractivity contribution in [2.45, 2.75) is 73.6 Å². The summed E-state index contributed by atoms with van der Waals surface area (Å²) in [5.74, 6) is -0.635. The zero-order valence-corrected chi connectivity index (χ0v) is 14.6. The third-order valence-corrected chi connectivity index (χ3v) is 3.55. The summed E-state index contributed by atoms with van der Waals surface area (Å²) in [5.41, 5.74) is 0.0669. The number of hydrogen-bond donors (Lipinski definition) is 2. The lowest BCUT2D eigenvalue weighted by Gasteiger charge is -2.34. The molecule has 0 aromatic rings. The maximum absolute atomic E-state index is 12.4. The van der Waals surface area contributed by atoms with Crippen molar-refractivity contribution in [3.05, 3.63) is 0 Å². The number of aliphatic carboxylic acids is 1. The van der Waals surface area contributed by atoms with Gasteiger partial charge in [0, 0.05) is 18.9 Å². The summed E-state index contributed by atoms with van der Waals surface area (Å²) in [6, 6.07) is 0. The average molecular weight is 299 g/mol. The average Bonchev–Trinajstić information content (AvgIpc) is 2.27. The van der Waals surface area contributed by atoms with E-state index in [1.165, 1.54) is 0 Å². The van der Waals surface area contributed by atoms with Crippen molar-refractivity contribution in [3.63, 3.8) is 0 Å². The van der Waals surface area contributed by atoms with E-state index in [0.717, 1.165) is 19.3 Å². The normalized spacial score (nSPS) is 13.8. The van der Waals surface area contributed by atoms with Crippen molar-refractivity contribution in [1.82, 2.24) is 5.32 Å². The number of carbonyl (C=O) groups is 2. The first-order valence-electron chi connectivity index (χ1n) is 7.93. The van der Waals surface area contributed by atoms with Gasteiger partial charge >= 0.3 is 5.97 Å². The van der Waals surface area contributed by atoms with Gasteiger partial charge in [0.05, 0.1) is 0 Å². The molecule has 0 saturated carbocycles. The SMILES string of the molecule is CC(C)(C)CC(C(=O)NCCCCCC(=O)O)C(C)(C)C. The molecular weight excluding hydrogens is 266 g/mol. The van der Waals surface area contributed by atoms with E-state index in [1.807, 2.05) is 0 Å². The predicted octanol–water partition coefficient (Wildman–Crippen LogP) is 3.85. The molecule has 4 heteroatoms. The molecule has 1 atom stereocenters. The molecule has 0 aliphatic carbocycles. The fourth-order valence-corrected chi connectivity index (χ4v) is 2.32. The van der Waals surface area contributed by atoms with Gasteiger partial charge in [0.2, 0.25) is 5.91 Å². The minimum Gasteiger partial charge on any atom is -0.481 e. The third-order valence-electron chi connectivity index (χ3n) is 3.55. The Bertz CT molecular complexity index is 337. The van der Waals surface area contributed by atoms with Gasteiger partial charge in [-0.3, -0.25) is 9.59 Å².